The average molecular weight is 379 g/mol. The summed E-state index contributed by atoms with van der Waals surface area (Å²) in [5.74, 6) is 0.427. The number of hydrogen-bond donors (Lipinski definition) is 0. The molecule has 0 aliphatic carbocycles. The first-order valence-corrected chi connectivity index (χ1v) is 11.0. The number of hydrogen-bond acceptors (Lipinski definition) is 2. The summed E-state index contributed by atoms with van der Waals surface area (Å²) in [4.78, 5) is 12.9. The molecule has 0 aromatic heterocycles. The van der Waals surface area contributed by atoms with Gasteiger partial charge in [-0.15, -0.1) is 0 Å². The number of ether oxygens (including phenoxy) is 1. The zero-order valence-electron chi connectivity index (χ0n) is 17.9. The first-order chi connectivity index (χ1) is 13.5. The highest BCUT2D eigenvalue weighted by molar-refractivity contribution is 5.90. The molecule has 0 bridgehead atoms. The minimum atomic E-state index is -0.287. The number of unbranched alkanes of at least 4 members (excludes halogenated alkanes) is 4. The van der Waals surface area contributed by atoms with E-state index in [1.165, 1.54) is 54.4 Å². The lowest BCUT2D eigenvalue weighted by atomic mass is 9.87. The van der Waals surface area contributed by atoms with Crippen molar-refractivity contribution in [3.05, 3.63) is 63.7 Å². The maximum Gasteiger partial charge on any atom is 0.323 e. The quantitative estimate of drug-likeness (QED) is 0.272. The van der Waals surface area contributed by atoms with Crippen molar-refractivity contribution in [2.45, 2.75) is 85.0 Å². The van der Waals surface area contributed by atoms with Crippen molar-refractivity contribution in [3.63, 3.8) is 0 Å². The van der Waals surface area contributed by atoms with Gasteiger partial charge >= 0.3 is 5.97 Å². The van der Waals surface area contributed by atoms with Crippen molar-refractivity contribution in [2.24, 2.45) is 0 Å². The van der Waals surface area contributed by atoms with Crippen molar-refractivity contribution in [1.82, 2.24) is 0 Å². The van der Waals surface area contributed by atoms with Gasteiger partial charge in [-0.25, -0.2) is 0 Å². The van der Waals surface area contributed by atoms with Gasteiger partial charge in [0.2, 0.25) is 0 Å². The van der Waals surface area contributed by atoms with E-state index in [2.05, 4.69) is 58.0 Å². The molecule has 0 spiro atoms. The Balaban J connectivity index is 2.00. The number of rotatable bonds is 9. The molecular weight excluding hydrogens is 344 g/mol. The van der Waals surface area contributed by atoms with E-state index in [4.69, 9.17) is 4.74 Å². The molecule has 1 atom stereocenters. The van der Waals surface area contributed by atoms with Crippen LogP contribution in [-0.4, -0.2) is 5.97 Å². The minimum Gasteiger partial charge on any atom is -0.425 e. The first kappa shape index (κ1) is 20.6. The Kier molecular flexibility index (Phi) is 6.93. The molecule has 1 aliphatic heterocycles. The van der Waals surface area contributed by atoms with Crippen LogP contribution in [0, 0.1) is 13.8 Å². The standard InChI is InChI=1S/C26H34O2/c1-5-7-9-11-20-16-21(12-10-8-6-2)25-23(17-20)24(26(27)28-25)22-14-18(3)13-19(4)15-22/h13-17,24H,5-12H2,1-4H3. The van der Waals surface area contributed by atoms with E-state index in [1.54, 1.807) is 0 Å². The largest absolute Gasteiger partial charge is 0.425 e. The molecule has 150 valence electrons. The highest BCUT2D eigenvalue weighted by atomic mass is 16.5. The van der Waals surface area contributed by atoms with Gasteiger partial charge in [-0.3, -0.25) is 4.79 Å². The summed E-state index contributed by atoms with van der Waals surface area (Å²) in [5.41, 5.74) is 7.10. The van der Waals surface area contributed by atoms with Crippen molar-refractivity contribution < 1.29 is 9.53 Å². The van der Waals surface area contributed by atoms with Crippen LogP contribution in [0.25, 0.3) is 0 Å². The number of carbonyl (C=O) groups excluding carboxylic acids is 1. The van der Waals surface area contributed by atoms with Crippen LogP contribution in [0.1, 0.15) is 91.7 Å². The molecule has 2 nitrogen and oxygen atoms in total. The molecule has 1 unspecified atom stereocenters. The summed E-state index contributed by atoms with van der Waals surface area (Å²) in [6.07, 6.45) is 9.30. The highest BCUT2D eigenvalue weighted by Gasteiger charge is 2.36. The Hall–Kier alpha value is -2.09. The molecule has 0 saturated carbocycles. The second kappa shape index (κ2) is 9.41. The Bertz CT molecular complexity index is 814. The van der Waals surface area contributed by atoms with Gasteiger partial charge in [0.05, 0.1) is 0 Å². The molecule has 2 aromatic rings. The molecule has 0 fully saturated rings. The Morgan fingerprint density at radius 1 is 0.821 bits per heavy atom. The highest BCUT2D eigenvalue weighted by Crippen LogP contribution is 2.43. The lowest BCUT2D eigenvalue weighted by Gasteiger charge is -2.13. The molecule has 0 amide bonds. The van der Waals surface area contributed by atoms with Crippen LogP contribution in [0.5, 0.6) is 5.75 Å². The van der Waals surface area contributed by atoms with Gasteiger partial charge in [-0.2, -0.15) is 0 Å². The van der Waals surface area contributed by atoms with E-state index < -0.39 is 0 Å². The fraction of sp³-hybridized carbons (Fsp3) is 0.500. The summed E-state index contributed by atoms with van der Waals surface area (Å²) in [5, 5.41) is 0. The topological polar surface area (TPSA) is 26.3 Å². The maximum atomic E-state index is 12.9. The van der Waals surface area contributed by atoms with Gasteiger partial charge in [-0.05, 0) is 56.2 Å². The molecule has 0 saturated heterocycles. The molecule has 1 aliphatic rings. The lowest BCUT2D eigenvalue weighted by molar-refractivity contribution is -0.133. The second-order valence-electron chi connectivity index (χ2n) is 8.36. The summed E-state index contributed by atoms with van der Waals surface area (Å²) in [6.45, 7) is 8.65. The second-order valence-corrected chi connectivity index (χ2v) is 8.36. The maximum absolute atomic E-state index is 12.9. The molecule has 0 N–H and O–H groups in total. The molecular formula is C26H34O2. The van der Waals surface area contributed by atoms with E-state index in [-0.39, 0.29) is 11.9 Å². The van der Waals surface area contributed by atoms with Gasteiger partial charge in [-0.1, -0.05) is 81.0 Å². The van der Waals surface area contributed by atoms with Gasteiger partial charge in [0.1, 0.15) is 11.7 Å². The van der Waals surface area contributed by atoms with E-state index >= 15 is 0 Å². The van der Waals surface area contributed by atoms with Crippen LogP contribution in [-0.2, 0) is 17.6 Å². The molecule has 3 rings (SSSR count). The summed E-state index contributed by atoms with van der Waals surface area (Å²) < 4.78 is 5.86. The minimum absolute atomic E-state index is 0.123. The molecule has 1 heterocycles. The number of fused-ring (bicyclic) bond motifs is 1. The molecule has 2 aromatic carbocycles. The average Bonchev–Trinajstić information content (AvgIpc) is 2.97. The molecule has 28 heavy (non-hydrogen) atoms. The van der Waals surface area contributed by atoms with Crippen molar-refractivity contribution >= 4 is 5.97 Å². The summed E-state index contributed by atoms with van der Waals surface area (Å²) in [6, 6.07) is 11.0. The van der Waals surface area contributed by atoms with Crippen molar-refractivity contribution in [2.75, 3.05) is 0 Å². The van der Waals surface area contributed by atoms with Crippen LogP contribution < -0.4 is 4.74 Å². The summed E-state index contributed by atoms with van der Waals surface area (Å²) >= 11 is 0. The van der Waals surface area contributed by atoms with Crippen molar-refractivity contribution in [1.29, 1.82) is 0 Å². The Morgan fingerprint density at radius 3 is 2.11 bits per heavy atom. The number of esters is 1. The number of carbonyl (C=O) groups is 1. The molecule has 2 heteroatoms. The fourth-order valence-corrected chi connectivity index (χ4v) is 4.37. The third kappa shape index (κ3) is 4.66. The van der Waals surface area contributed by atoms with E-state index in [9.17, 15) is 4.79 Å². The number of benzene rings is 2. The van der Waals surface area contributed by atoms with Crippen LogP contribution in [0.4, 0.5) is 0 Å². The third-order valence-corrected chi connectivity index (χ3v) is 5.70. The Morgan fingerprint density at radius 2 is 1.46 bits per heavy atom. The van der Waals surface area contributed by atoms with Crippen LogP contribution in [0.15, 0.2) is 30.3 Å². The zero-order chi connectivity index (χ0) is 20.1. The predicted molar refractivity (Wildman–Crippen MR) is 116 cm³/mol. The van der Waals surface area contributed by atoms with Gasteiger partial charge < -0.3 is 4.74 Å². The monoisotopic (exact) mass is 378 g/mol. The summed E-state index contributed by atoms with van der Waals surface area (Å²) in [7, 11) is 0. The smallest absolute Gasteiger partial charge is 0.323 e. The fourth-order valence-electron chi connectivity index (χ4n) is 4.37. The van der Waals surface area contributed by atoms with Crippen LogP contribution in [0.2, 0.25) is 0 Å². The van der Waals surface area contributed by atoms with Crippen molar-refractivity contribution in [3.8, 4) is 5.75 Å². The van der Waals surface area contributed by atoms with Crippen LogP contribution >= 0.6 is 0 Å². The van der Waals surface area contributed by atoms with E-state index in [0.29, 0.717) is 0 Å². The van der Waals surface area contributed by atoms with Crippen LogP contribution in [0.3, 0.4) is 0 Å². The van der Waals surface area contributed by atoms with Gasteiger partial charge in [0.25, 0.3) is 0 Å². The van der Waals surface area contributed by atoms with Gasteiger partial charge in [0, 0.05) is 5.56 Å². The first-order valence-electron chi connectivity index (χ1n) is 11.0. The SMILES string of the molecule is CCCCCc1cc(CCCCC)c2c(c1)C(c1cc(C)cc(C)c1)C(=O)O2. The van der Waals surface area contributed by atoms with E-state index in [1.807, 2.05) is 0 Å². The van der Waals surface area contributed by atoms with E-state index in [0.717, 1.165) is 36.1 Å². The third-order valence-electron chi connectivity index (χ3n) is 5.70. The predicted octanol–water partition coefficient (Wildman–Crippen LogP) is 6.82. The molecule has 0 radical (unpaired) electrons. The zero-order valence-corrected chi connectivity index (χ0v) is 17.9. The number of aryl methyl sites for hydroxylation is 4. The van der Waals surface area contributed by atoms with Gasteiger partial charge in [0.15, 0.2) is 0 Å². The normalized spacial score (nSPS) is 15.6. The Labute approximate surface area is 170 Å². The lowest BCUT2D eigenvalue weighted by Crippen LogP contribution is -2.12.